The highest BCUT2D eigenvalue weighted by molar-refractivity contribution is 5.92. The summed E-state index contributed by atoms with van der Waals surface area (Å²) in [4.78, 5) is 165. The Bertz CT molecular complexity index is 2440. The van der Waals surface area contributed by atoms with Crippen molar-refractivity contribution in [2.24, 2.45) is 23.5 Å². The van der Waals surface area contributed by atoms with Crippen LogP contribution in [-0.2, 0) is 87.7 Å². The summed E-state index contributed by atoms with van der Waals surface area (Å²) < 4.78 is 21.4. The number of aliphatic hydroxyl groups is 1. The quantitative estimate of drug-likeness (QED) is 0.0407. The molecule has 0 spiro atoms. The fourth-order valence-corrected chi connectivity index (χ4v) is 10.1. The number of imidazole rings is 1. The van der Waals surface area contributed by atoms with E-state index in [9.17, 15) is 87.9 Å². The number of ketones is 4. The van der Waals surface area contributed by atoms with Crippen LogP contribution in [0.4, 0.5) is 0 Å². The molecule has 7 atom stereocenters. The number of aromatic amines is 1. The molecule has 0 bridgehead atoms. The van der Waals surface area contributed by atoms with E-state index in [2.05, 4.69) is 31.2 Å². The number of ether oxygens (including phenoxy) is 4. The van der Waals surface area contributed by atoms with E-state index in [0.29, 0.717) is 31.4 Å². The number of carboxylic acids is 5. The first-order chi connectivity index (χ1) is 45.4. The fourth-order valence-electron chi connectivity index (χ4n) is 10.1. The van der Waals surface area contributed by atoms with Crippen molar-refractivity contribution in [3.63, 3.8) is 0 Å². The molecule has 1 aromatic heterocycles. The van der Waals surface area contributed by atoms with Crippen LogP contribution in [0.5, 0.6) is 0 Å². The lowest BCUT2D eigenvalue weighted by molar-refractivity contribution is -0.148. The molecule has 0 aliphatic rings. The Kier molecular flexibility index (Phi) is 48.9. The van der Waals surface area contributed by atoms with E-state index in [4.69, 9.17) is 29.8 Å². The monoisotopic (exact) mass is 1350 g/mol. The Hall–Kier alpha value is -7.12. The number of aromatic nitrogens is 2. The van der Waals surface area contributed by atoms with Crippen LogP contribution >= 0.6 is 0 Å². The smallest absolute Gasteiger partial charge is 0.326 e. The lowest BCUT2D eigenvalue weighted by atomic mass is 9.84. The molecule has 30 heteroatoms. The highest BCUT2D eigenvalue weighted by atomic mass is 16.5. The molecule has 4 amide bonds. The van der Waals surface area contributed by atoms with Crippen LogP contribution in [0, 0.1) is 17.8 Å². The molecule has 1 rings (SSSR count). The molecule has 0 fully saturated rings. The van der Waals surface area contributed by atoms with Crippen molar-refractivity contribution in [1.29, 1.82) is 0 Å². The molecule has 0 saturated carbocycles. The third kappa shape index (κ3) is 46.6. The van der Waals surface area contributed by atoms with Crippen LogP contribution < -0.4 is 27.0 Å². The van der Waals surface area contributed by atoms with E-state index < -0.39 is 132 Å². The van der Waals surface area contributed by atoms with Crippen molar-refractivity contribution in [2.75, 3.05) is 65.9 Å². The number of aliphatic carboxylic acids is 5. The molecule has 95 heavy (non-hydrogen) atoms. The van der Waals surface area contributed by atoms with Gasteiger partial charge in [-0.05, 0) is 58.3 Å². The molecule has 0 radical (unpaired) electrons. The van der Waals surface area contributed by atoms with E-state index in [1.165, 1.54) is 45.1 Å². The zero-order valence-electron chi connectivity index (χ0n) is 55.3. The van der Waals surface area contributed by atoms with Crippen molar-refractivity contribution in [2.45, 2.75) is 230 Å². The molecular formula is C65H107N7O23. The summed E-state index contributed by atoms with van der Waals surface area (Å²) >= 11 is 0. The minimum absolute atomic E-state index is 0.0184. The standard InChI is InChI=1S/C65H107N7O23/c1-45(73)51(63(86)87)40-55(76)46(38-56(77)52(66)39-48-41-67-44-70-48)19-16-17-29-68-58(79)28-26-54(65(90)91)72-60(81)43-95-36-33-92-31-18-20-50(75)42-94-35-34-93-32-30-69-57(78)27-23-47(62(84)85)37-49(74)24-25-53(64(88)89)71-59(80)21-14-12-10-8-6-4-2-3-5-7-9-11-13-15-22-61(82)83/h41,44-47,51-54,73H,2-40,42-43,66H2,1H3,(H,67,70)(H,68,79)(H,69,78)(H,71,80)(H,72,81)(H,82,83)(H,84,85)(H,86,87)(H,88,89)(H,90,91)/t45-,46-,47-,51+,52+,53+,54+/m1/s1. The average molecular weight is 1350 g/mol. The highest BCUT2D eigenvalue weighted by Gasteiger charge is 2.32. The number of carboxylic acid groups (broad SMARTS) is 5. The van der Waals surface area contributed by atoms with Crippen molar-refractivity contribution < 1.29 is 112 Å². The van der Waals surface area contributed by atoms with Gasteiger partial charge in [0.1, 0.15) is 36.9 Å². The second-order valence-electron chi connectivity index (χ2n) is 23.9. The summed E-state index contributed by atoms with van der Waals surface area (Å²) in [5, 5.41) is 67.1. The number of hydrogen-bond acceptors (Lipinski definition) is 20. The molecule has 0 aliphatic carbocycles. The molecule has 0 unspecified atom stereocenters. The van der Waals surface area contributed by atoms with Crippen LogP contribution in [0.15, 0.2) is 12.5 Å². The third-order valence-corrected chi connectivity index (χ3v) is 15.7. The number of unbranched alkanes of at least 4 members (excludes halogenated alkanes) is 14. The number of Topliss-reactive ketones (excluding diaryl/α,β-unsaturated/α-hetero) is 4. The fraction of sp³-hybridized carbons (Fsp3) is 0.754. The van der Waals surface area contributed by atoms with Gasteiger partial charge in [-0.15, -0.1) is 0 Å². The van der Waals surface area contributed by atoms with Crippen LogP contribution in [0.2, 0.25) is 0 Å². The van der Waals surface area contributed by atoms with Crippen molar-refractivity contribution in [3.8, 4) is 0 Å². The molecule has 540 valence electrons. The van der Waals surface area contributed by atoms with Gasteiger partial charge in [0.15, 0.2) is 11.6 Å². The predicted octanol–water partition coefficient (Wildman–Crippen LogP) is 4.18. The first-order valence-electron chi connectivity index (χ1n) is 33.5. The Balaban J connectivity index is 2.17. The molecule has 30 nitrogen and oxygen atoms in total. The van der Waals surface area contributed by atoms with Gasteiger partial charge in [0.2, 0.25) is 23.6 Å². The van der Waals surface area contributed by atoms with Gasteiger partial charge in [-0.3, -0.25) is 52.7 Å². The lowest BCUT2D eigenvalue weighted by Gasteiger charge is -2.21. The van der Waals surface area contributed by atoms with Gasteiger partial charge in [0.05, 0.1) is 63.3 Å². The summed E-state index contributed by atoms with van der Waals surface area (Å²) in [6, 6.07) is -3.65. The van der Waals surface area contributed by atoms with Gasteiger partial charge in [-0.2, -0.15) is 0 Å². The van der Waals surface area contributed by atoms with E-state index in [-0.39, 0.29) is 142 Å². The van der Waals surface area contributed by atoms with Crippen molar-refractivity contribution in [3.05, 3.63) is 18.2 Å². The number of aliphatic hydroxyl groups excluding tert-OH is 1. The number of nitrogens with one attached hydrogen (secondary N) is 5. The number of amides is 4. The first kappa shape index (κ1) is 85.9. The number of nitrogens with two attached hydrogens (primary N) is 1. The summed E-state index contributed by atoms with van der Waals surface area (Å²) in [6.45, 7) is 1.38. The first-order valence-corrected chi connectivity index (χ1v) is 33.5. The maximum Gasteiger partial charge on any atom is 0.326 e. The number of hydrogen-bond donors (Lipinski definition) is 12. The minimum Gasteiger partial charge on any atom is -0.481 e. The van der Waals surface area contributed by atoms with Gasteiger partial charge in [-0.25, -0.2) is 14.6 Å². The summed E-state index contributed by atoms with van der Waals surface area (Å²) in [6.07, 6.45) is 15.5. The SMILES string of the molecule is C[C@@H](O)[C@H](CC(=O)[C@H](CCCCNC(=O)CC[C@H](NC(=O)COCCOCCCC(=O)COCCOCCNC(=O)CC[C@H](CC(=O)CC[C@H](NC(=O)CCCCCCCCCCCCCCCCC(=O)O)C(=O)O)C(=O)O)C(=O)O)CC(=O)[C@@H](N)Cc1cnc[nH]1)C(=O)O. The maximum absolute atomic E-state index is 13.2. The number of rotatable bonds is 65. The lowest BCUT2D eigenvalue weighted by Crippen LogP contribution is -2.43. The summed E-state index contributed by atoms with van der Waals surface area (Å²) in [5.41, 5.74) is 6.70. The number of carbonyl (C=O) groups excluding carboxylic acids is 8. The van der Waals surface area contributed by atoms with Gasteiger partial charge in [0, 0.05) is 102 Å². The number of carbonyl (C=O) groups is 13. The van der Waals surface area contributed by atoms with Crippen LogP contribution in [0.1, 0.15) is 205 Å². The minimum atomic E-state index is -1.40. The molecule has 1 aromatic rings. The summed E-state index contributed by atoms with van der Waals surface area (Å²) in [5.74, 6) is -13.2. The van der Waals surface area contributed by atoms with Gasteiger partial charge < -0.3 is 81.6 Å². The maximum atomic E-state index is 13.2. The van der Waals surface area contributed by atoms with E-state index >= 15 is 0 Å². The Labute approximate surface area is 555 Å². The normalized spacial score (nSPS) is 13.5. The largest absolute Gasteiger partial charge is 0.481 e. The van der Waals surface area contributed by atoms with Crippen molar-refractivity contribution >= 4 is 76.6 Å². The Morgan fingerprint density at radius 2 is 0.989 bits per heavy atom. The highest BCUT2D eigenvalue weighted by Crippen LogP contribution is 2.23. The zero-order chi connectivity index (χ0) is 70.6. The van der Waals surface area contributed by atoms with Gasteiger partial charge >= 0.3 is 29.8 Å². The molecule has 0 aromatic carbocycles. The average Bonchev–Trinajstić information content (AvgIpc) is 2.17. The van der Waals surface area contributed by atoms with E-state index in [1.54, 1.807) is 0 Å². The van der Waals surface area contributed by atoms with E-state index in [0.717, 1.165) is 57.8 Å². The van der Waals surface area contributed by atoms with Crippen molar-refractivity contribution in [1.82, 2.24) is 31.2 Å². The Morgan fingerprint density at radius 1 is 0.463 bits per heavy atom. The van der Waals surface area contributed by atoms with Crippen LogP contribution in [0.25, 0.3) is 0 Å². The number of H-pyrrole nitrogens is 1. The van der Waals surface area contributed by atoms with Crippen LogP contribution in [-0.4, -0.2) is 207 Å². The molecule has 0 aliphatic heterocycles. The molecule has 0 saturated heterocycles. The Morgan fingerprint density at radius 3 is 1.54 bits per heavy atom. The van der Waals surface area contributed by atoms with Gasteiger partial charge in [0.25, 0.3) is 0 Å². The predicted molar refractivity (Wildman–Crippen MR) is 342 cm³/mol. The third-order valence-electron chi connectivity index (χ3n) is 15.7. The van der Waals surface area contributed by atoms with Gasteiger partial charge in [-0.1, -0.05) is 83.5 Å². The zero-order valence-corrected chi connectivity index (χ0v) is 55.3. The molecular weight excluding hydrogens is 1250 g/mol. The van der Waals surface area contributed by atoms with E-state index in [1.807, 2.05) is 0 Å². The molecule has 1 heterocycles. The number of nitrogens with zero attached hydrogens (tertiary/aromatic N) is 1. The molecule has 13 N–H and O–H groups in total. The second kappa shape index (κ2) is 54.1. The second-order valence-corrected chi connectivity index (χ2v) is 23.9. The summed E-state index contributed by atoms with van der Waals surface area (Å²) in [7, 11) is 0. The topological polar surface area (TPSA) is 483 Å². The van der Waals surface area contributed by atoms with Crippen LogP contribution in [0.3, 0.4) is 0 Å².